The minimum absolute atomic E-state index is 0.130. The first-order valence-electron chi connectivity index (χ1n) is 8.85. The number of fused-ring (bicyclic) bond motifs is 1. The molecule has 2 aliphatic rings. The molecule has 1 aromatic rings. The summed E-state index contributed by atoms with van der Waals surface area (Å²) >= 11 is 5.59. The molecule has 1 saturated heterocycles. The SMILES string of the molecule is Cc1cc(C)c(C2=C(P(C)(=S)OCC(F)(F)F)C3CCCN3C2=O)c(C)c1. The second-order valence-corrected chi connectivity index (χ2v) is 11.9. The molecule has 1 fully saturated rings. The van der Waals surface area contributed by atoms with Crippen LogP contribution in [0.3, 0.4) is 0 Å². The zero-order valence-electron chi connectivity index (χ0n) is 15.8. The lowest BCUT2D eigenvalue weighted by molar-refractivity contribution is -0.152. The first-order valence-corrected chi connectivity index (χ1v) is 12.0. The number of amides is 1. The Morgan fingerprint density at radius 3 is 2.41 bits per heavy atom. The summed E-state index contributed by atoms with van der Waals surface area (Å²) in [6.07, 6.45) is -5.89. The Morgan fingerprint density at radius 2 is 1.85 bits per heavy atom. The third-order valence-corrected chi connectivity index (χ3v) is 8.06. The van der Waals surface area contributed by atoms with Gasteiger partial charge in [-0.2, -0.15) is 13.2 Å². The summed E-state index contributed by atoms with van der Waals surface area (Å²) in [6.45, 7) is 6.61. The number of benzene rings is 1. The molecule has 0 radical (unpaired) electrons. The van der Waals surface area contributed by atoms with Crippen molar-refractivity contribution in [3.05, 3.63) is 39.7 Å². The van der Waals surface area contributed by atoms with Crippen LogP contribution in [0.2, 0.25) is 0 Å². The Labute approximate surface area is 162 Å². The highest BCUT2D eigenvalue weighted by Crippen LogP contribution is 2.61. The highest BCUT2D eigenvalue weighted by atomic mass is 32.4. The van der Waals surface area contributed by atoms with E-state index in [4.69, 9.17) is 16.3 Å². The van der Waals surface area contributed by atoms with Crippen LogP contribution in [0, 0.1) is 20.8 Å². The van der Waals surface area contributed by atoms with Crippen molar-refractivity contribution >= 4 is 29.6 Å². The van der Waals surface area contributed by atoms with Gasteiger partial charge in [0.25, 0.3) is 5.91 Å². The van der Waals surface area contributed by atoms with Crippen molar-refractivity contribution in [1.29, 1.82) is 0 Å². The second-order valence-electron chi connectivity index (χ2n) is 7.43. The Morgan fingerprint density at radius 1 is 1.26 bits per heavy atom. The standard InChI is InChI=1S/C19H23F3NO2PS/c1-11-8-12(2)15(13(3)9-11)16-17(14-6-5-7-23(14)18(16)24)26(4,27)25-10-19(20,21)22/h8-9,14H,5-7,10H2,1-4H3. The fourth-order valence-electron chi connectivity index (χ4n) is 4.26. The number of hydrogen-bond donors (Lipinski definition) is 0. The third kappa shape index (κ3) is 3.87. The Balaban J connectivity index is 2.18. The summed E-state index contributed by atoms with van der Waals surface area (Å²) in [4.78, 5) is 15.0. The summed E-state index contributed by atoms with van der Waals surface area (Å²) < 4.78 is 43.5. The molecule has 148 valence electrons. The number of alkyl halides is 3. The molecule has 2 atom stereocenters. The monoisotopic (exact) mass is 417 g/mol. The molecule has 2 heterocycles. The number of nitrogens with zero attached hydrogens (tertiary/aromatic N) is 1. The number of hydrogen-bond acceptors (Lipinski definition) is 3. The molecular formula is C19H23F3NO2PS. The number of carbonyl (C=O) groups is 1. The quantitative estimate of drug-likeness (QED) is 0.651. The molecule has 0 saturated carbocycles. The summed E-state index contributed by atoms with van der Waals surface area (Å²) in [6, 6.07) is 3.73. The summed E-state index contributed by atoms with van der Waals surface area (Å²) in [7, 11) is 0. The molecule has 0 N–H and O–H groups in total. The number of rotatable bonds is 4. The van der Waals surface area contributed by atoms with Crippen LogP contribution in [-0.4, -0.2) is 42.8 Å². The maximum Gasteiger partial charge on any atom is 0.412 e. The van der Waals surface area contributed by atoms with E-state index in [-0.39, 0.29) is 11.9 Å². The normalized spacial score (nSPS) is 22.4. The molecule has 8 heteroatoms. The van der Waals surface area contributed by atoms with Gasteiger partial charge < -0.3 is 9.42 Å². The summed E-state index contributed by atoms with van der Waals surface area (Å²) in [5.41, 5.74) is 4.20. The van der Waals surface area contributed by atoms with Gasteiger partial charge in [-0.1, -0.05) is 29.5 Å². The molecule has 0 bridgehead atoms. The van der Waals surface area contributed by atoms with E-state index < -0.39 is 19.0 Å². The zero-order chi connectivity index (χ0) is 20.1. The molecule has 0 aromatic heterocycles. The maximum absolute atomic E-state index is 13.2. The Hall–Kier alpha value is -1.17. The van der Waals surface area contributed by atoms with Gasteiger partial charge >= 0.3 is 6.18 Å². The van der Waals surface area contributed by atoms with Crippen molar-refractivity contribution in [2.75, 3.05) is 19.8 Å². The number of carbonyl (C=O) groups excluding carboxylic acids is 1. The molecule has 2 unspecified atom stereocenters. The zero-order valence-corrected chi connectivity index (χ0v) is 17.5. The first kappa shape index (κ1) is 20.6. The van der Waals surface area contributed by atoms with E-state index in [0.29, 0.717) is 17.4 Å². The Kier molecular flexibility index (Phi) is 5.34. The predicted molar refractivity (Wildman–Crippen MR) is 105 cm³/mol. The highest BCUT2D eigenvalue weighted by molar-refractivity contribution is 8.14. The van der Waals surface area contributed by atoms with Crippen LogP contribution < -0.4 is 0 Å². The van der Waals surface area contributed by atoms with E-state index in [1.165, 1.54) is 0 Å². The number of halogens is 3. The molecule has 3 nitrogen and oxygen atoms in total. The van der Waals surface area contributed by atoms with Gasteiger partial charge in [0.05, 0.1) is 17.9 Å². The molecule has 0 aliphatic carbocycles. The van der Waals surface area contributed by atoms with Gasteiger partial charge in [-0.25, -0.2) is 0 Å². The van der Waals surface area contributed by atoms with E-state index in [1.54, 1.807) is 11.6 Å². The lowest BCUT2D eigenvalue weighted by Crippen LogP contribution is -2.30. The second kappa shape index (κ2) is 7.02. The minimum Gasteiger partial charge on any atom is -0.337 e. The van der Waals surface area contributed by atoms with Gasteiger partial charge in [-0.15, -0.1) is 0 Å². The minimum atomic E-state index is -4.45. The highest BCUT2D eigenvalue weighted by Gasteiger charge is 2.47. The van der Waals surface area contributed by atoms with Gasteiger partial charge in [0.1, 0.15) is 6.61 Å². The van der Waals surface area contributed by atoms with E-state index in [9.17, 15) is 18.0 Å². The topological polar surface area (TPSA) is 29.5 Å². The van der Waals surface area contributed by atoms with E-state index in [1.807, 2.05) is 32.9 Å². The van der Waals surface area contributed by atoms with Crippen LogP contribution in [0.1, 0.15) is 35.1 Å². The van der Waals surface area contributed by atoms with Crippen LogP contribution in [0.25, 0.3) is 5.57 Å². The van der Waals surface area contributed by atoms with Gasteiger partial charge in [0.2, 0.25) is 0 Å². The number of aryl methyl sites for hydroxylation is 3. The van der Waals surface area contributed by atoms with Crippen LogP contribution in [0.15, 0.2) is 17.4 Å². The lowest BCUT2D eigenvalue weighted by Gasteiger charge is -2.26. The van der Waals surface area contributed by atoms with Crippen LogP contribution >= 0.6 is 6.26 Å². The van der Waals surface area contributed by atoms with Crippen molar-refractivity contribution in [3.8, 4) is 0 Å². The van der Waals surface area contributed by atoms with Gasteiger partial charge in [-0.05, 0) is 57.0 Å². The maximum atomic E-state index is 13.2. The molecule has 2 aliphatic heterocycles. The molecule has 3 rings (SSSR count). The van der Waals surface area contributed by atoms with Crippen molar-refractivity contribution in [2.45, 2.75) is 45.8 Å². The van der Waals surface area contributed by atoms with Gasteiger partial charge in [0.15, 0.2) is 0 Å². The van der Waals surface area contributed by atoms with Crippen LogP contribution in [0.4, 0.5) is 13.2 Å². The summed E-state index contributed by atoms with van der Waals surface area (Å²) in [5, 5.41) is 0.610. The van der Waals surface area contributed by atoms with Crippen LogP contribution in [0.5, 0.6) is 0 Å². The average Bonchev–Trinajstić information content (AvgIpc) is 3.07. The largest absolute Gasteiger partial charge is 0.412 e. The Bertz CT molecular complexity index is 855. The van der Waals surface area contributed by atoms with Crippen LogP contribution in [-0.2, 0) is 21.1 Å². The van der Waals surface area contributed by atoms with Gasteiger partial charge in [0, 0.05) is 11.9 Å². The van der Waals surface area contributed by atoms with Crippen molar-refractivity contribution in [3.63, 3.8) is 0 Å². The van der Waals surface area contributed by atoms with E-state index >= 15 is 0 Å². The molecule has 0 spiro atoms. The molecule has 1 amide bonds. The molecule has 27 heavy (non-hydrogen) atoms. The third-order valence-electron chi connectivity index (χ3n) is 5.14. The van der Waals surface area contributed by atoms with Gasteiger partial charge in [-0.3, -0.25) is 4.79 Å². The predicted octanol–water partition coefficient (Wildman–Crippen LogP) is 4.93. The first-order chi connectivity index (χ1) is 12.4. The average molecular weight is 417 g/mol. The molecular weight excluding hydrogens is 394 g/mol. The summed E-state index contributed by atoms with van der Waals surface area (Å²) in [5.74, 6) is -0.130. The van der Waals surface area contributed by atoms with Crippen molar-refractivity contribution < 1.29 is 22.5 Å². The molecule has 1 aromatic carbocycles. The lowest BCUT2D eigenvalue weighted by atomic mass is 9.93. The van der Waals surface area contributed by atoms with Crippen molar-refractivity contribution in [2.24, 2.45) is 0 Å². The smallest absolute Gasteiger partial charge is 0.337 e. The van der Waals surface area contributed by atoms with Crippen molar-refractivity contribution in [1.82, 2.24) is 4.90 Å². The fraction of sp³-hybridized carbons (Fsp3) is 0.526. The van der Waals surface area contributed by atoms with E-state index in [0.717, 1.165) is 35.1 Å². The van der Waals surface area contributed by atoms with E-state index in [2.05, 4.69) is 0 Å². The fourth-order valence-corrected chi connectivity index (χ4v) is 7.02.